The SMILES string of the molecule is CC[C@H](C)[C@@H]1NC(=O)[C@H](CC(C)C)N(C)C(=O)C[C@@H](C(=O)N2CCCCC2)N(C)C(=O)[C@H](C(C)C)N(C)C(=O)C2(CCCC2)NC(=O)[C@@H]2CCCN2C(=O)[C@H](CCc2ccc(C(F)(F)F)c(Cl)c2)NC(=O)CN(C)C(=O)[C@H](CC2CCCCC2)N(C)C(=O)[C@@H]2CCN2C(=O)[C@H](CC(C)C)N(C)C1=O. The standard InChI is InChI=1S/C75H116ClF3N12O12/c1-15-48(8)62-71(101)86(12)57(40-46(4)5)70(100)91-38-32-55(91)68(98)85(11)58(42-49-25-18-16-19-26-49)67(97)83(9)44-60(92)80-53(31-29-50-28-30-51(52(76)41-50)75(77,78)79)66(96)90-37-24-27-54(90)65(95)82-74(33-20-21-34-74)73(103)88(14)63(47(6)7)72(102)87(13)59(69(99)89-35-22-17-23-36-89)43-61(93)84(10)56(39-45(2)3)64(94)81-62/h28,30,41,45-49,53-59,62-63H,15-27,29,31-40,42-44H2,1-14H3,(H,80,92)(H,81,94)(H,82,95)/t48-,53-,54-,55-,56-,57-,58-,59-,62-,63-/m0/s1. The van der Waals surface area contributed by atoms with E-state index in [1.54, 1.807) is 25.7 Å². The number of hydrogen-bond donors (Lipinski definition) is 3. The summed E-state index contributed by atoms with van der Waals surface area (Å²) < 4.78 is 41.7. The molecule has 12 amide bonds. The highest BCUT2D eigenvalue weighted by atomic mass is 35.5. The quantitative estimate of drug-likeness (QED) is 0.179. The van der Waals surface area contributed by atoms with Crippen LogP contribution >= 0.6 is 11.6 Å². The van der Waals surface area contributed by atoms with Crippen molar-refractivity contribution < 1.29 is 70.7 Å². The summed E-state index contributed by atoms with van der Waals surface area (Å²) in [6, 6.07) is -7.82. The van der Waals surface area contributed by atoms with Gasteiger partial charge in [0.2, 0.25) is 70.9 Å². The van der Waals surface area contributed by atoms with Crippen LogP contribution in [0.5, 0.6) is 0 Å². The molecule has 1 aromatic rings. The van der Waals surface area contributed by atoms with E-state index in [2.05, 4.69) is 16.0 Å². The molecule has 4 heterocycles. The van der Waals surface area contributed by atoms with Gasteiger partial charge in [-0.3, -0.25) is 57.5 Å². The number of alkyl halides is 3. The number of fused-ring (bicyclic) bond motifs is 2. The molecule has 28 heteroatoms. The van der Waals surface area contributed by atoms with Gasteiger partial charge in [-0.2, -0.15) is 13.2 Å². The molecule has 0 aromatic heterocycles. The Morgan fingerprint density at radius 1 is 0.602 bits per heavy atom. The number of carbonyl (C=O) groups is 12. The maximum Gasteiger partial charge on any atom is 0.417 e. The van der Waals surface area contributed by atoms with Gasteiger partial charge >= 0.3 is 6.18 Å². The zero-order valence-corrected chi connectivity index (χ0v) is 64.1. The molecule has 24 nitrogen and oxygen atoms in total. The van der Waals surface area contributed by atoms with Crippen molar-refractivity contribution in [1.82, 2.24) is 60.0 Å². The number of hydrogen-bond acceptors (Lipinski definition) is 12. The number of likely N-dealkylation sites (N-methyl/N-ethyl adjacent to an activating group) is 6. The third-order valence-corrected chi connectivity index (χ3v) is 23.0. The average molecular weight is 1470 g/mol. The third-order valence-electron chi connectivity index (χ3n) is 22.7. The van der Waals surface area contributed by atoms with Crippen molar-refractivity contribution in [3.05, 3.63) is 34.3 Å². The molecule has 1 spiro atoms. The van der Waals surface area contributed by atoms with Gasteiger partial charge in [0.15, 0.2) is 0 Å². The Morgan fingerprint density at radius 2 is 1.20 bits per heavy atom. The molecular formula is C75H116ClF3N12O12. The summed E-state index contributed by atoms with van der Waals surface area (Å²) in [5.74, 6) is -8.95. The van der Waals surface area contributed by atoms with Crippen LogP contribution in [0.25, 0.3) is 0 Å². The summed E-state index contributed by atoms with van der Waals surface area (Å²) in [6.45, 7) is 15.0. The van der Waals surface area contributed by atoms with E-state index in [9.17, 15) is 18.0 Å². The molecule has 7 rings (SSSR count). The number of carbonyl (C=O) groups excluding carboxylic acids is 12. The number of halogens is 4. The van der Waals surface area contributed by atoms with Crippen molar-refractivity contribution in [2.75, 3.05) is 75.0 Å². The van der Waals surface area contributed by atoms with Crippen molar-refractivity contribution in [2.24, 2.45) is 29.6 Å². The van der Waals surface area contributed by atoms with Crippen LogP contribution in [0.2, 0.25) is 5.02 Å². The highest BCUT2D eigenvalue weighted by Crippen LogP contribution is 2.38. The minimum Gasteiger partial charge on any atom is -0.343 e. The van der Waals surface area contributed by atoms with Crippen LogP contribution in [0.4, 0.5) is 13.2 Å². The summed E-state index contributed by atoms with van der Waals surface area (Å²) in [6.07, 6.45) is 3.92. The van der Waals surface area contributed by atoms with Gasteiger partial charge in [0.1, 0.15) is 59.9 Å². The molecular weight excluding hydrogens is 1350 g/mol. The number of nitrogens with zero attached hydrogens (tertiary/aromatic N) is 9. The first kappa shape index (κ1) is 83.2. The van der Waals surface area contributed by atoms with Gasteiger partial charge in [0.25, 0.3) is 0 Å². The minimum atomic E-state index is -4.76. The summed E-state index contributed by atoms with van der Waals surface area (Å²) in [7, 11) is 8.71. The maximum absolute atomic E-state index is 15.5. The highest BCUT2D eigenvalue weighted by molar-refractivity contribution is 6.31. The van der Waals surface area contributed by atoms with Crippen molar-refractivity contribution in [3.8, 4) is 0 Å². The van der Waals surface area contributed by atoms with Gasteiger partial charge in [0.05, 0.1) is 23.6 Å². The van der Waals surface area contributed by atoms with Crippen LogP contribution in [0.15, 0.2) is 18.2 Å². The zero-order valence-electron chi connectivity index (χ0n) is 63.3. The van der Waals surface area contributed by atoms with E-state index in [0.29, 0.717) is 57.2 Å². The van der Waals surface area contributed by atoms with Gasteiger partial charge in [-0.1, -0.05) is 124 Å². The maximum atomic E-state index is 15.5. The molecule has 1 aromatic carbocycles. The Bertz CT molecular complexity index is 3230. The summed E-state index contributed by atoms with van der Waals surface area (Å²) in [5, 5.41) is 8.23. The molecule has 2 aliphatic carbocycles. The van der Waals surface area contributed by atoms with Gasteiger partial charge in [-0.05, 0) is 131 Å². The Balaban J connectivity index is 1.31. The number of aryl methyl sites for hydroxylation is 1. The molecule has 4 aliphatic heterocycles. The van der Waals surface area contributed by atoms with Crippen molar-refractivity contribution in [1.29, 1.82) is 0 Å². The topological polar surface area (TPSA) is 270 Å². The minimum absolute atomic E-state index is 0.0186. The largest absolute Gasteiger partial charge is 0.417 e. The van der Waals surface area contributed by atoms with E-state index in [1.807, 2.05) is 34.6 Å². The smallest absolute Gasteiger partial charge is 0.343 e. The molecule has 0 unspecified atom stereocenters. The van der Waals surface area contributed by atoms with Crippen LogP contribution in [0.1, 0.15) is 201 Å². The third kappa shape index (κ3) is 20.1. The Hall–Kier alpha value is -7.06. The lowest BCUT2D eigenvalue weighted by molar-refractivity contribution is -0.161. The number of nitrogens with one attached hydrogen (secondary N) is 3. The van der Waals surface area contributed by atoms with Gasteiger partial charge in [-0.25, -0.2) is 0 Å². The van der Waals surface area contributed by atoms with Crippen molar-refractivity contribution in [2.45, 2.75) is 263 Å². The summed E-state index contributed by atoms with van der Waals surface area (Å²) in [5.41, 5.74) is -2.35. The Kier molecular flexibility index (Phi) is 29.3. The Labute approximate surface area is 612 Å². The molecule has 0 radical (unpaired) electrons. The molecule has 2 saturated carbocycles. The first-order chi connectivity index (χ1) is 48.4. The van der Waals surface area contributed by atoms with E-state index < -0.39 is 172 Å². The van der Waals surface area contributed by atoms with Gasteiger partial charge < -0.3 is 60.0 Å². The fraction of sp³-hybridized carbons (Fsp3) is 0.760. The molecule has 6 aliphatic rings. The predicted octanol–water partition coefficient (Wildman–Crippen LogP) is 7.06. The van der Waals surface area contributed by atoms with Crippen LogP contribution in [-0.2, 0) is 70.1 Å². The normalized spacial score (nSPS) is 27.4. The van der Waals surface area contributed by atoms with Gasteiger partial charge in [0, 0.05) is 68.5 Å². The van der Waals surface area contributed by atoms with Gasteiger partial charge in [-0.15, -0.1) is 0 Å². The number of amides is 12. The van der Waals surface area contributed by atoms with E-state index >= 15 is 52.7 Å². The van der Waals surface area contributed by atoms with E-state index in [1.165, 1.54) is 82.7 Å². The first-order valence-electron chi connectivity index (χ1n) is 37.7. The number of likely N-dealkylation sites (tertiary alicyclic amines) is 1. The first-order valence-corrected chi connectivity index (χ1v) is 38.1. The van der Waals surface area contributed by atoms with Crippen LogP contribution < -0.4 is 16.0 Å². The number of rotatable bonds is 13. The highest BCUT2D eigenvalue weighted by Gasteiger charge is 2.52. The fourth-order valence-electron chi connectivity index (χ4n) is 16.1. The molecule has 10 atom stereocenters. The van der Waals surface area contributed by atoms with Crippen LogP contribution in [-0.4, -0.2) is 250 Å². The second kappa shape index (κ2) is 36.3. The lowest BCUT2D eigenvalue weighted by atomic mass is 9.84. The van der Waals surface area contributed by atoms with E-state index in [-0.39, 0.29) is 88.6 Å². The predicted molar refractivity (Wildman–Crippen MR) is 383 cm³/mol. The number of piperidine rings is 1. The molecule has 576 valence electrons. The summed E-state index contributed by atoms with van der Waals surface area (Å²) in [4.78, 5) is 194. The van der Waals surface area contributed by atoms with Crippen LogP contribution in [0.3, 0.4) is 0 Å². The fourth-order valence-corrected chi connectivity index (χ4v) is 16.4. The zero-order chi connectivity index (χ0) is 76.3. The second-order valence-electron chi connectivity index (χ2n) is 31.5. The van der Waals surface area contributed by atoms with Crippen LogP contribution in [0, 0.1) is 29.6 Å². The van der Waals surface area contributed by atoms with E-state index in [4.69, 9.17) is 11.6 Å². The molecule has 6 fully saturated rings. The molecule has 4 saturated heterocycles. The Morgan fingerprint density at radius 3 is 1.78 bits per heavy atom. The second-order valence-corrected chi connectivity index (χ2v) is 31.9. The monoisotopic (exact) mass is 1470 g/mol. The molecule has 103 heavy (non-hydrogen) atoms. The van der Waals surface area contributed by atoms with Crippen molar-refractivity contribution >= 4 is 82.5 Å². The molecule has 0 bridgehead atoms. The lowest BCUT2D eigenvalue weighted by Crippen LogP contribution is -2.65. The lowest BCUT2D eigenvalue weighted by Gasteiger charge is -2.46. The average Bonchev–Trinajstić information content (AvgIpc) is 1.76. The van der Waals surface area contributed by atoms with Crippen molar-refractivity contribution in [3.63, 3.8) is 0 Å². The number of benzene rings is 1. The summed E-state index contributed by atoms with van der Waals surface area (Å²) >= 11 is 6.17. The molecule has 3 N–H and O–H groups in total. The van der Waals surface area contributed by atoms with E-state index in [0.717, 1.165) is 55.6 Å².